The fourth-order valence-corrected chi connectivity index (χ4v) is 4.02. The molecule has 2 aromatic carbocycles. The maximum atomic E-state index is 12.5. The fraction of sp³-hybridized carbons (Fsp3) is 0.423. The summed E-state index contributed by atoms with van der Waals surface area (Å²) in [7, 11) is 0. The van der Waals surface area contributed by atoms with Crippen molar-refractivity contribution in [3.8, 4) is 11.1 Å². The molecule has 0 heterocycles. The number of amides is 2. The van der Waals surface area contributed by atoms with Crippen LogP contribution in [0.1, 0.15) is 57.1 Å². The van der Waals surface area contributed by atoms with Gasteiger partial charge in [-0.05, 0) is 48.9 Å². The molecule has 0 saturated carbocycles. The van der Waals surface area contributed by atoms with Crippen LogP contribution in [-0.4, -0.2) is 42.3 Å². The van der Waals surface area contributed by atoms with Crippen LogP contribution < -0.4 is 10.6 Å². The number of benzene rings is 2. The topological polar surface area (TPSA) is 105 Å². The molecule has 7 heteroatoms. The highest BCUT2D eigenvalue weighted by Crippen LogP contribution is 2.44. The lowest BCUT2D eigenvalue weighted by atomic mass is 9.90. The van der Waals surface area contributed by atoms with Crippen molar-refractivity contribution in [1.82, 2.24) is 10.6 Å². The summed E-state index contributed by atoms with van der Waals surface area (Å²) in [4.78, 5) is 35.9. The number of carboxylic acid groups (broad SMARTS) is 1. The van der Waals surface area contributed by atoms with E-state index in [0.717, 1.165) is 22.3 Å². The Hall–Kier alpha value is -3.35. The summed E-state index contributed by atoms with van der Waals surface area (Å²) >= 11 is 0. The van der Waals surface area contributed by atoms with Gasteiger partial charge in [-0.3, -0.25) is 9.59 Å². The van der Waals surface area contributed by atoms with Crippen molar-refractivity contribution in [3.63, 3.8) is 0 Å². The molecule has 0 aromatic heterocycles. The summed E-state index contributed by atoms with van der Waals surface area (Å²) in [5.74, 6) is -1.16. The first-order valence-electron chi connectivity index (χ1n) is 11.3. The van der Waals surface area contributed by atoms with E-state index >= 15 is 0 Å². The third-order valence-corrected chi connectivity index (χ3v) is 6.24. The first kappa shape index (κ1) is 24.3. The number of hydrogen-bond acceptors (Lipinski definition) is 4. The number of fused-ring (bicyclic) bond motifs is 3. The van der Waals surface area contributed by atoms with E-state index in [0.29, 0.717) is 12.8 Å². The van der Waals surface area contributed by atoms with Gasteiger partial charge in [0.25, 0.3) is 0 Å². The van der Waals surface area contributed by atoms with Gasteiger partial charge >= 0.3 is 12.1 Å². The summed E-state index contributed by atoms with van der Waals surface area (Å²) in [5, 5.41) is 14.7. The van der Waals surface area contributed by atoms with Crippen LogP contribution in [0.2, 0.25) is 0 Å². The quantitative estimate of drug-likeness (QED) is 0.498. The first-order chi connectivity index (χ1) is 15.7. The fourth-order valence-electron chi connectivity index (χ4n) is 4.02. The molecule has 176 valence electrons. The van der Waals surface area contributed by atoms with Crippen LogP contribution in [0.15, 0.2) is 48.5 Å². The largest absolute Gasteiger partial charge is 0.481 e. The summed E-state index contributed by atoms with van der Waals surface area (Å²) in [6.07, 6.45) is 0.445. The number of carbonyl (C=O) groups is 3. The predicted molar refractivity (Wildman–Crippen MR) is 126 cm³/mol. The van der Waals surface area contributed by atoms with E-state index in [4.69, 9.17) is 9.84 Å². The molecule has 1 aliphatic carbocycles. The Kier molecular flexibility index (Phi) is 7.74. The van der Waals surface area contributed by atoms with Crippen molar-refractivity contribution in [3.05, 3.63) is 59.7 Å². The smallest absolute Gasteiger partial charge is 0.407 e. The average Bonchev–Trinajstić information content (AvgIpc) is 3.10. The Labute approximate surface area is 194 Å². The minimum absolute atomic E-state index is 0.0240. The second-order valence-corrected chi connectivity index (χ2v) is 9.07. The van der Waals surface area contributed by atoms with Crippen molar-refractivity contribution < 1.29 is 24.2 Å². The molecule has 0 saturated heterocycles. The number of aliphatic carboxylic acids is 1. The molecule has 3 N–H and O–H groups in total. The zero-order chi connectivity index (χ0) is 24.0. The minimum atomic E-state index is -0.906. The van der Waals surface area contributed by atoms with Gasteiger partial charge in [0.2, 0.25) is 5.91 Å². The van der Waals surface area contributed by atoms with Gasteiger partial charge in [-0.15, -0.1) is 0 Å². The van der Waals surface area contributed by atoms with Crippen LogP contribution in [0, 0.1) is 5.41 Å². The lowest BCUT2D eigenvalue weighted by molar-refractivity contribution is -0.147. The molecule has 0 radical (unpaired) electrons. The zero-order valence-electron chi connectivity index (χ0n) is 19.4. The molecule has 0 aliphatic heterocycles. The third-order valence-electron chi connectivity index (χ3n) is 6.24. The van der Waals surface area contributed by atoms with E-state index in [1.807, 2.05) is 31.2 Å². The Morgan fingerprint density at radius 2 is 1.61 bits per heavy atom. The highest BCUT2D eigenvalue weighted by atomic mass is 16.5. The van der Waals surface area contributed by atoms with Gasteiger partial charge in [0.1, 0.15) is 6.61 Å². The number of nitrogens with one attached hydrogen (secondary N) is 2. The van der Waals surface area contributed by atoms with Gasteiger partial charge in [0, 0.05) is 24.9 Å². The lowest BCUT2D eigenvalue weighted by Gasteiger charge is -2.20. The Bertz CT molecular complexity index is 972. The Morgan fingerprint density at radius 3 is 2.15 bits per heavy atom. The molecule has 7 nitrogen and oxygen atoms in total. The Balaban J connectivity index is 1.50. The number of carboxylic acids is 1. The summed E-state index contributed by atoms with van der Waals surface area (Å²) < 4.78 is 5.56. The highest BCUT2D eigenvalue weighted by molar-refractivity contribution is 5.80. The predicted octanol–water partition coefficient (Wildman–Crippen LogP) is 4.31. The molecule has 0 fully saturated rings. The van der Waals surface area contributed by atoms with Crippen LogP contribution in [0.3, 0.4) is 0 Å². The molecule has 0 bridgehead atoms. The first-order valence-corrected chi connectivity index (χ1v) is 11.3. The van der Waals surface area contributed by atoms with Crippen molar-refractivity contribution in [2.75, 3.05) is 13.2 Å². The average molecular weight is 453 g/mol. The van der Waals surface area contributed by atoms with Crippen molar-refractivity contribution in [2.24, 2.45) is 5.41 Å². The highest BCUT2D eigenvalue weighted by Gasteiger charge is 2.29. The van der Waals surface area contributed by atoms with E-state index in [-0.39, 0.29) is 37.4 Å². The monoisotopic (exact) mass is 452 g/mol. The number of alkyl carbamates (subject to hydrolysis) is 1. The number of carbonyl (C=O) groups excluding carboxylic acids is 2. The molecule has 1 unspecified atom stereocenters. The molecular formula is C26H32N2O5. The summed E-state index contributed by atoms with van der Waals surface area (Å²) in [6, 6.07) is 15.9. The van der Waals surface area contributed by atoms with E-state index < -0.39 is 17.5 Å². The van der Waals surface area contributed by atoms with E-state index in [1.165, 1.54) is 0 Å². The van der Waals surface area contributed by atoms with Crippen LogP contribution in [0.4, 0.5) is 4.79 Å². The molecule has 2 aromatic rings. The number of rotatable bonds is 10. The van der Waals surface area contributed by atoms with Gasteiger partial charge in [-0.25, -0.2) is 4.79 Å². The third kappa shape index (κ3) is 5.92. The van der Waals surface area contributed by atoms with Crippen molar-refractivity contribution >= 4 is 18.0 Å². The van der Waals surface area contributed by atoms with Crippen molar-refractivity contribution in [2.45, 2.75) is 52.0 Å². The van der Waals surface area contributed by atoms with E-state index in [2.05, 4.69) is 34.9 Å². The van der Waals surface area contributed by atoms with Gasteiger partial charge in [-0.2, -0.15) is 0 Å². The molecule has 2 amide bonds. The summed E-state index contributed by atoms with van der Waals surface area (Å²) in [6.45, 7) is 5.60. The molecule has 33 heavy (non-hydrogen) atoms. The molecule has 0 spiro atoms. The standard InChI is InChI=1S/C26H32N2O5/c1-4-17(15-23(29)27-14-13-26(2,3)24(30)31)28-25(32)33-16-22-20-11-7-5-9-18(20)19-10-6-8-12-21(19)22/h5-12,17,22H,4,13-16H2,1-3H3,(H,27,29)(H,28,32)(H,30,31). The van der Waals surface area contributed by atoms with Gasteiger partial charge in [-0.1, -0.05) is 55.5 Å². The van der Waals surface area contributed by atoms with Crippen LogP contribution >= 0.6 is 0 Å². The number of hydrogen-bond donors (Lipinski definition) is 3. The van der Waals surface area contributed by atoms with Gasteiger partial charge < -0.3 is 20.5 Å². The molecule has 1 atom stereocenters. The van der Waals surface area contributed by atoms with Crippen LogP contribution in [0.25, 0.3) is 11.1 Å². The lowest BCUT2D eigenvalue weighted by Crippen LogP contribution is -2.40. The zero-order valence-corrected chi connectivity index (χ0v) is 19.4. The Morgan fingerprint density at radius 1 is 1.03 bits per heavy atom. The van der Waals surface area contributed by atoms with Crippen LogP contribution in [0.5, 0.6) is 0 Å². The van der Waals surface area contributed by atoms with Gasteiger partial charge in [0.05, 0.1) is 5.41 Å². The number of ether oxygens (including phenoxy) is 1. The van der Waals surface area contributed by atoms with Crippen LogP contribution in [-0.2, 0) is 14.3 Å². The maximum absolute atomic E-state index is 12.5. The van der Waals surface area contributed by atoms with E-state index in [9.17, 15) is 14.4 Å². The minimum Gasteiger partial charge on any atom is -0.481 e. The normalized spacial score (nSPS) is 13.5. The second-order valence-electron chi connectivity index (χ2n) is 9.07. The molecule has 1 aliphatic rings. The summed E-state index contributed by atoms with van der Waals surface area (Å²) in [5.41, 5.74) is 3.70. The van der Waals surface area contributed by atoms with Gasteiger partial charge in [0.15, 0.2) is 0 Å². The second kappa shape index (κ2) is 10.5. The molecule has 3 rings (SSSR count). The SMILES string of the molecule is CCC(CC(=O)NCCC(C)(C)C(=O)O)NC(=O)OCC1c2ccccc2-c2ccccc21. The van der Waals surface area contributed by atoms with E-state index in [1.54, 1.807) is 13.8 Å². The maximum Gasteiger partial charge on any atom is 0.407 e. The van der Waals surface area contributed by atoms with Crippen molar-refractivity contribution in [1.29, 1.82) is 0 Å². The molecular weight excluding hydrogens is 420 g/mol.